The summed E-state index contributed by atoms with van der Waals surface area (Å²) in [6.07, 6.45) is 52.8. The van der Waals surface area contributed by atoms with E-state index in [0.29, 0.717) is 19.3 Å². The number of allylic oxidation sites excluding steroid dienone is 14. The molecule has 0 aliphatic rings. The molecule has 12 heteroatoms. The molecule has 0 rings (SSSR count). The molecule has 11 nitrogen and oxygen atoms in total. The van der Waals surface area contributed by atoms with Gasteiger partial charge in [-0.25, -0.2) is 4.57 Å². The van der Waals surface area contributed by atoms with E-state index >= 15 is 0 Å². The SMILES string of the molecule is CC/C=C\C/C=C\C/C=C\C/C=C\CCCCC(=O)OCC(COP(=O)(O)OCC(CO)OC(=O)CCCCCCCCCCCCC)OC(=O)CCCCC/C=C\C/C=C\C/C=C\CC. The Bertz CT molecular complexity index is 1430. The summed E-state index contributed by atoms with van der Waals surface area (Å²) in [5, 5.41) is 9.76. The zero-order chi connectivity index (χ0) is 48.4. The molecular formula is C54H91O11P. The molecule has 0 spiro atoms. The van der Waals surface area contributed by atoms with Crippen LogP contribution < -0.4 is 0 Å². The number of carbonyl (C=O) groups is 3. The fourth-order valence-electron chi connectivity index (χ4n) is 6.48. The summed E-state index contributed by atoms with van der Waals surface area (Å²) in [6, 6.07) is 0. The normalized spacial score (nSPS) is 14.2. The second-order valence-corrected chi connectivity index (χ2v) is 18.0. The average Bonchev–Trinajstić information content (AvgIpc) is 3.30. The molecule has 66 heavy (non-hydrogen) atoms. The quantitative estimate of drug-likeness (QED) is 0.0197. The van der Waals surface area contributed by atoms with Crippen molar-refractivity contribution in [3.63, 3.8) is 0 Å². The molecule has 2 N–H and O–H groups in total. The molecule has 0 fully saturated rings. The van der Waals surface area contributed by atoms with Crippen LogP contribution in [-0.2, 0) is 42.2 Å². The van der Waals surface area contributed by atoms with Crippen molar-refractivity contribution < 1.29 is 52.2 Å². The Hall–Kier alpha value is -3.34. The lowest BCUT2D eigenvalue weighted by atomic mass is 10.1. The van der Waals surface area contributed by atoms with Gasteiger partial charge < -0.3 is 24.2 Å². The van der Waals surface area contributed by atoms with Crippen molar-refractivity contribution in [3.8, 4) is 0 Å². The van der Waals surface area contributed by atoms with E-state index in [1.165, 1.54) is 44.9 Å². The highest BCUT2D eigenvalue weighted by molar-refractivity contribution is 7.47. The molecule has 0 bridgehead atoms. The van der Waals surface area contributed by atoms with Crippen LogP contribution in [0.3, 0.4) is 0 Å². The molecule has 378 valence electrons. The van der Waals surface area contributed by atoms with Crippen molar-refractivity contribution in [2.75, 3.05) is 26.4 Å². The molecule has 3 atom stereocenters. The van der Waals surface area contributed by atoms with Crippen LogP contribution in [0.25, 0.3) is 0 Å². The lowest BCUT2D eigenvalue weighted by molar-refractivity contribution is -0.161. The van der Waals surface area contributed by atoms with E-state index in [0.717, 1.165) is 96.3 Å². The van der Waals surface area contributed by atoms with Gasteiger partial charge in [-0.1, -0.05) is 176 Å². The molecule has 0 amide bonds. The first kappa shape index (κ1) is 62.7. The fraction of sp³-hybridized carbons (Fsp3) is 0.685. The molecule has 0 saturated heterocycles. The zero-order valence-electron chi connectivity index (χ0n) is 41.4. The monoisotopic (exact) mass is 947 g/mol. The first-order valence-electron chi connectivity index (χ1n) is 25.5. The van der Waals surface area contributed by atoms with E-state index in [9.17, 15) is 28.9 Å². The maximum Gasteiger partial charge on any atom is 0.472 e. The zero-order valence-corrected chi connectivity index (χ0v) is 42.3. The van der Waals surface area contributed by atoms with Crippen molar-refractivity contribution >= 4 is 25.7 Å². The Balaban J connectivity index is 4.85. The van der Waals surface area contributed by atoms with Gasteiger partial charge in [0.05, 0.1) is 19.8 Å². The predicted molar refractivity (Wildman–Crippen MR) is 270 cm³/mol. The van der Waals surface area contributed by atoms with Gasteiger partial charge in [0.1, 0.15) is 12.7 Å². The van der Waals surface area contributed by atoms with Crippen molar-refractivity contribution in [1.29, 1.82) is 0 Å². The van der Waals surface area contributed by atoms with Gasteiger partial charge >= 0.3 is 25.7 Å². The Morgan fingerprint density at radius 3 is 1.24 bits per heavy atom. The highest BCUT2D eigenvalue weighted by Gasteiger charge is 2.28. The van der Waals surface area contributed by atoms with E-state index in [4.69, 9.17) is 23.3 Å². The Morgan fingerprint density at radius 1 is 0.439 bits per heavy atom. The number of carbonyl (C=O) groups excluding carboxylic acids is 3. The first-order valence-corrected chi connectivity index (χ1v) is 27.0. The van der Waals surface area contributed by atoms with E-state index in [1.54, 1.807) is 0 Å². The summed E-state index contributed by atoms with van der Waals surface area (Å²) < 4.78 is 39.2. The highest BCUT2D eigenvalue weighted by Crippen LogP contribution is 2.43. The van der Waals surface area contributed by atoms with E-state index in [-0.39, 0.29) is 25.9 Å². The van der Waals surface area contributed by atoms with Crippen LogP contribution in [0.2, 0.25) is 0 Å². The lowest BCUT2D eigenvalue weighted by Crippen LogP contribution is -2.30. The number of phosphoric acid groups is 1. The molecule has 0 radical (unpaired) electrons. The molecule has 0 heterocycles. The second kappa shape index (κ2) is 48.1. The smallest absolute Gasteiger partial charge is 0.462 e. The van der Waals surface area contributed by atoms with Gasteiger partial charge in [0, 0.05) is 19.3 Å². The topological polar surface area (TPSA) is 155 Å². The number of hydrogen-bond donors (Lipinski definition) is 2. The third-order valence-corrected chi connectivity index (χ3v) is 11.3. The van der Waals surface area contributed by atoms with Crippen LogP contribution in [0.1, 0.15) is 201 Å². The largest absolute Gasteiger partial charge is 0.472 e. The van der Waals surface area contributed by atoms with Crippen molar-refractivity contribution in [3.05, 3.63) is 85.1 Å². The van der Waals surface area contributed by atoms with Gasteiger partial charge in [-0.3, -0.25) is 23.4 Å². The third kappa shape index (κ3) is 45.8. The molecule has 0 aliphatic carbocycles. The van der Waals surface area contributed by atoms with Crippen molar-refractivity contribution in [2.24, 2.45) is 0 Å². The molecule has 3 unspecified atom stereocenters. The van der Waals surface area contributed by atoms with Gasteiger partial charge in [0.2, 0.25) is 0 Å². The van der Waals surface area contributed by atoms with E-state index < -0.39 is 57.8 Å². The lowest BCUT2D eigenvalue weighted by Gasteiger charge is -2.21. The first-order chi connectivity index (χ1) is 32.2. The van der Waals surface area contributed by atoms with Gasteiger partial charge in [-0.15, -0.1) is 0 Å². The minimum atomic E-state index is -4.76. The third-order valence-electron chi connectivity index (χ3n) is 10.3. The summed E-state index contributed by atoms with van der Waals surface area (Å²) in [7, 11) is -4.76. The van der Waals surface area contributed by atoms with Crippen molar-refractivity contribution in [2.45, 2.75) is 213 Å². The van der Waals surface area contributed by atoms with Crippen LogP contribution in [0.5, 0.6) is 0 Å². The van der Waals surface area contributed by atoms with Crippen LogP contribution in [0.15, 0.2) is 85.1 Å². The van der Waals surface area contributed by atoms with Gasteiger partial charge in [0.25, 0.3) is 0 Å². The van der Waals surface area contributed by atoms with Crippen LogP contribution in [0, 0.1) is 0 Å². The molecule has 0 aliphatic heterocycles. The van der Waals surface area contributed by atoms with Crippen LogP contribution in [-0.4, -0.2) is 66.5 Å². The molecule has 0 aromatic heterocycles. The van der Waals surface area contributed by atoms with Crippen LogP contribution >= 0.6 is 7.82 Å². The highest BCUT2D eigenvalue weighted by atomic mass is 31.2. The van der Waals surface area contributed by atoms with Gasteiger partial charge in [-0.05, 0) is 89.9 Å². The minimum Gasteiger partial charge on any atom is -0.462 e. The number of unbranched alkanes of at least 4 members (excludes halogenated alkanes) is 15. The number of phosphoric ester groups is 1. The number of aliphatic hydroxyl groups is 1. The predicted octanol–water partition coefficient (Wildman–Crippen LogP) is 14.4. The Labute approximate surface area is 400 Å². The maximum absolute atomic E-state index is 12.8. The van der Waals surface area contributed by atoms with Gasteiger partial charge in [-0.2, -0.15) is 0 Å². The number of ether oxygens (including phenoxy) is 3. The Morgan fingerprint density at radius 2 is 0.788 bits per heavy atom. The van der Waals surface area contributed by atoms with E-state index in [1.807, 2.05) is 0 Å². The van der Waals surface area contributed by atoms with E-state index in [2.05, 4.69) is 106 Å². The maximum atomic E-state index is 12.8. The summed E-state index contributed by atoms with van der Waals surface area (Å²) in [5.74, 6) is -1.56. The fourth-order valence-corrected chi connectivity index (χ4v) is 7.26. The molecule has 0 aromatic rings. The summed E-state index contributed by atoms with van der Waals surface area (Å²) in [6.45, 7) is 4.30. The standard InChI is InChI=1S/C54H91O11P/c1-4-7-10-13-16-19-22-24-25-27-29-31-34-37-40-43-52(56)61-47-51(65-54(58)45-42-39-36-33-30-26-23-20-17-14-11-8-5-2)49-63-66(59,60)62-48-50(46-55)64-53(57)44-41-38-35-32-28-21-18-15-12-9-6-3/h7-8,10-11,16-17,19-20,24-26,29-31,50-51,55H,4-6,9,12-15,18,21-23,27-28,32-49H2,1-3H3,(H,59,60)/b10-7-,11-8-,19-16-,20-17-,25-24-,30-26-,31-29-. The Kier molecular flexibility index (Phi) is 45.7. The number of hydrogen-bond acceptors (Lipinski definition) is 10. The number of esters is 3. The van der Waals surface area contributed by atoms with Gasteiger partial charge in [0.15, 0.2) is 6.10 Å². The molecular weight excluding hydrogens is 856 g/mol. The summed E-state index contributed by atoms with van der Waals surface area (Å²) in [5.41, 5.74) is 0. The molecule has 0 aromatic carbocycles. The van der Waals surface area contributed by atoms with Crippen LogP contribution in [0.4, 0.5) is 0 Å². The number of rotatable bonds is 46. The summed E-state index contributed by atoms with van der Waals surface area (Å²) in [4.78, 5) is 48.2. The summed E-state index contributed by atoms with van der Waals surface area (Å²) >= 11 is 0. The van der Waals surface area contributed by atoms with Crippen molar-refractivity contribution in [1.82, 2.24) is 0 Å². The second-order valence-electron chi connectivity index (χ2n) is 16.6. The average molecular weight is 947 g/mol. The number of aliphatic hydroxyl groups excluding tert-OH is 1. The minimum absolute atomic E-state index is 0.121. The molecule has 0 saturated carbocycles.